The lowest BCUT2D eigenvalue weighted by molar-refractivity contribution is -0.187. The highest BCUT2D eigenvalue weighted by Gasteiger charge is 2.28. The number of carbonyl (C=O) groups is 1. The summed E-state index contributed by atoms with van der Waals surface area (Å²) in [7, 11) is 0. The highest BCUT2D eigenvalue weighted by Crippen LogP contribution is 2.21. The number of nitrogens with one attached hydrogen (secondary N) is 2. The molecule has 0 spiro atoms. The fraction of sp³-hybridized carbons (Fsp3) is 0.400. The van der Waals surface area contributed by atoms with Crippen molar-refractivity contribution in [1.82, 2.24) is 15.0 Å². The Morgan fingerprint density at radius 2 is 1.85 bits per heavy atom. The fourth-order valence-corrected chi connectivity index (χ4v) is 2.94. The molecule has 142 valence electrons. The van der Waals surface area contributed by atoms with Gasteiger partial charge in [-0.05, 0) is 37.3 Å². The summed E-state index contributed by atoms with van der Waals surface area (Å²) in [5, 5.41) is 13.2. The summed E-state index contributed by atoms with van der Waals surface area (Å²) in [4.78, 5) is 26.3. The lowest BCUT2D eigenvalue weighted by Gasteiger charge is -2.29. The maximum Gasteiger partial charge on any atom is 0.373 e. The Kier molecular flexibility index (Phi) is 6.13. The number of rotatable bonds is 6. The lowest BCUT2D eigenvalue weighted by atomic mass is 10.0. The third-order valence-electron chi connectivity index (χ3n) is 4.71. The molecule has 1 aromatic carbocycles. The van der Waals surface area contributed by atoms with E-state index in [-0.39, 0.29) is 5.71 Å². The zero-order valence-electron chi connectivity index (χ0n) is 15.7. The molecular formula is C20H25N5O2. The van der Waals surface area contributed by atoms with Crippen molar-refractivity contribution in [3.8, 4) is 0 Å². The lowest BCUT2D eigenvalue weighted by Crippen LogP contribution is -2.39. The van der Waals surface area contributed by atoms with Crippen molar-refractivity contribution in [3.63, 3.8) is 0 Å². The van der Waals surface area contributed by atoms with E-state index >= 15 is 0 Å². The first-order valence-electron chi connectivity index (χ1n) is 9.18. The number of hydroxylamine groups is 2. The van der Waals surface area contributed by atoms with Crippen molar-refractivity contribution in [3.05, 3.63) is 53.9 Å². The predicted molar refractivity (Wildman–Crippen MR) is 103 cm³/mol. The van der Waals surface area contributed by atoms with E-state index in [9.17, 15) is 4.79 Å². The van der Waals surface area contributed by atoms with Crippen LogP contribution in [0.2, 0.25) is 0 Å². The van der Waals surface area contributed by atoms with Crippen molar-refractivity contribution in [1.29, 1.82) is 5.41 Å². The van der Waals surface area contributed by atoms with Gasteiger partial charge in [-0.1, -0.05) is 36.8 Å². The van der Waals surface area contributed by atoms with E-state index in [0.29, 0.717) is 25.0 Å². The van der Waals surface area contributed by atoms with E-state index in [1.165, 1.54) is 0 Å². The molecule has 1 saturated heterocycles. The Morgan fingerprint density at radius 1 is 1.22 bits per heavy atom. The Morgan fingerprint density at radius 3 is 2.48 bits per heavy atom. The molecule has 2 N–H and O–H groups in total. The second-order valence-corrected chi connectivity index (χ2v) is 6.96. The topological polar surface area (TPSA) is 91.2 Å². The number of piperidine rings is 1. The van der Waals surface area contributed by atoms with Gasteiger partial charge in [-0.2, -0.15) is 0 Å². The van der Waals surface area contributed by atoms with Crippen LogP contribution in [-0.4, -0.2) is 39.8 Å². The third kappa shape index (κ3) is 5.10. The van der Waals surface area contributed by atoms with Crippen LogP contribution in [0.4, 0.5) is 5.95 Å². The van der Waals surface area contributed by atoms with Crippen LogP contribution in [0.5, 0.6) is 0 Å². The second kappa shape index (κ2) is 8.73. The third-order valence-corrected chi connectivity index (χ3v) is 4.71. The van der Waals surface area contributed by atoms with Crippen LogP contribution in [-0.2, 0) is 9.63 Å². The summed E-state index contributed by atoms with van der Waals surface area (Å²) in [5.74, 6) is 0.336. The van der Waals surface area contributed by atoms with Crippen LogP contribution < -0.4 is 5.32 Å². The second-order valence-electron chi connectivity index (χ2n) is 6.96. The number of hydrogen-bond acceptors (Lipinski definition) is 7. The highest BCUT2D eigenvalue weighted by molar-refractivity contribution is 6.37. The fourth-order valence-electron chi connectivity index (χ4n) is 2.94. The van der Waals surface area contributed by atoms with Gasteiger partial charge >= 0.3 is 5.97 Å². The molecule has 3 rings (SSSR count). The quantitative estimate of drug-likeness (QED) is 0.762. The zero-order valence-corrected chi connectivity index (χ0v) is 15.7. The minimum atomic E-state index is -0.691. The van der Waals surface area contributed by atoms with Crippen LogP contribution in [0.3, 0.4) is 0 Å². The van der Waals surface area contributed by atoms with Gasteiger partial charge in [0.2, 0.25) is 5.95 Å². The van der Waals surface area contributed by atoms with Crippen molar-refractivity contribution in [2.24, 2.45) is 5.92 Å². The summed E-state index contributed by atoms with van der Waals surface area (Å²) in [6.07, 6.45) is 5.19. The molecule has 1 fully saturated rings. The molecule has 7 nitrogen and oxygen atoms in total. The molecule has 1 unspecified atom stereocenters. The number of aromatic nitrogens is 2. The van der Waals surface area contributed by atoms with E-state index in [2.05, 4.69) is 22.2 Å². The average molecular weight is 367 g/mol. The van der Waals surface area contributed by atoms with Crippen molar-refractivity contribution < 1.29 is 9.63 Å². The van der Waals surface area contributed by atoms with Gasteiger partial charge in [-0.15, -0.1) is 5.06 Å². The van der Waals surface area contributed by atoms with Gasteiger partial charge in [0.25, 0.3) is 0 Å². The summed E-state index contributed by atoms with van der Waals surface area (Å²) in [6.45, 7) is 5.58. The maximum atomic E-state index is 12.6. The van der Waals surface area contributed by atoms with Crippen molar-refractivity contribution in [2.75, 3.05) is 18.4 Å². The van der Waals surface area contributed by atoms with Crippen molar-refractivity contribution >= 4 is 17.6 Å². The molecule has 2 aromatic rings. The molecule has 2 heterocycles. The van der Waals surface area contributed by atoms with Gasteiger partial charge in [0.05, 0.1) is 0 Å². The normalized spacial score (nSPS) is 16.5. The molecule has 0 aliphatic carbocycles. The van der Waals surface area contributed by atoms with Crippen LogP contribution in [0.25, 0.3) is 0 Å². The summed E-state index contributed by atoms with van der Waals surface area (Å²) < 4.78 is 0. The van der Waals surface area contributed by atoms with Gasteiger partial charge in [0, 0.05) is 25.5 Å². The van der Waals surface area contributed by atoms with E-state index in [0.717, 1.165) is 24.0 Å². The average Bonchev–Trinajstić information content (AvgIpc) is 2.69. The first-order valence-corrected chi connectivity index (χ1v) is 9.18. The van der Waals surface area contributed by atoms with E-state index in [1.807, 2.05) is 31.2 Å². The van der Waals surface area contributed by atoms with Crippen LogP contribution >= 0.6 is 0 Å². The van der Waals surface area contributed by atoms with Gasteiger partial charge in [-0.25, -0.2) is 14.8 Å². The van der Waals surface area contributed by atoms with Crippen LogP contribution in [0.15, 0.2) is 42.7 Å². The van der Waals surface area contributed by atoms with Crippen LogP contribution in [0.1, 0.15) is 36.9 Å². The Hall–Kier alpha value is -2.80. The minimum Gasteiger partial charge on any atom is -0.363 e. The summed E-state index contributed by atoms with van der Waals surface area (Å²) in [6, 6.07) is 8.69. The molecule has 1 aromatic heterocycles. The van der Waals surface area contributed by atoms with Gasteiger partial charge in [-0.3, -0.25) is 5.41 Å². The largest absolute Gasteiger partial charge is 0.373 e. The van der Waals surface area contributed by atoms with E-state index < -0.39 is 12.0 Å². The SMILES string of the molecule is Cc1ccc(C(Nc2ncccn2)C(=N)C(=O)ON2CCC(C)CC2)cc1. The molecule has 7 heteroatoms. The number of benzene rings is 1. The summed E-state index contributed by atoms with van der Waals surface area (Å²) >= 11 is 0. The number of nitrogens with zero attached hydrogens (tertiary/aromatic N) is 3. The Bertz CT molecular complexity index is 771. The Balaban J connectivity index is 1.75. The highest BCUT2D eigenvalue weighted by atomic mass is 16.7. The molecule has 0 amide bonds. The number of aryl methyl sites for hydroxylation is 1. The molecule has 1 atom stereocenters. The molecule has 27 heavy (non-hydrogen) atoms. The Labute approximate surface area is 159 Å². The summed E-state index contributed by atoms with van der Waals surface area (Å²) in [5.41, 5.74) is 1.71. The standard InChI is InChI=1S/C20H25N5O2/c1-14-4-6-16(7-5-14)18(24-20-22-10-3-11-23-20)17(21)19(26)27-25-12-8-15(2)9-13-25/h3-7,10-11,15,18,21H,8-9,12-13H2,1-2H3,(H,22,23,24). The molecule has 0 saturated carbocycles. The molecule has 0 radical (unpaired) electrons. The molecule has 1 aliphatic heterocycles. The molecular weight excluding hydrogens is 342 g/mol. The molecule has 1 aliphatic rings. The first-order chi connectivity index (χ1) is 13.0. The van der Waals surface area contributed by atoms with E-state index in [1.54, 1.807) is 23.5 Å². The van der Waals surface area contributed by atoms with Gasteiger partial charge in [0.1, 0.15) is 11.8 Å². The zero-order chi connectivity index (χ0) is 19.2. The number of hydrogen-bond donors (Lipinski definition) is 2. The van der Waals surface area contributed by atoms with Gasteiger partial charge in [0.15, 0.2) is 0 Å². The van der Waals surface area contributed by atoms with Crippen molar-refractivity contribution in [2.45, 2.75) is 32.7 Å². The number of carbonyl (C=O) groups excluding carboxylic acids is 1. The predicted octanol–water partition coefficient (Wildman–Crippen LogP) is 3.15. The smallest absolute Gasteiger partial charge is 0.363 e. The van der Waals surface area contributed by atoms with Crippen LogP contribution in [0, 0.1) is 18.3 Å². The first kappa shape index (κ1) is 19.0. The minimum absolute atomic E-state index is 0.176. The van der Waals surface area contributed by atoms with E-state index in [4.69, 9.17) is 10.2 Å². The van der Waals surface area contributed by atoms with Gasteiger partial charge < -0.3 is 10.2 Å². The maximum absolute atomic E-state index is 12.6. The molecule has 0 bridgehead atoms. The number of anilines is 1. The monoisotopic (exact) mass is 367 g/mol.